The third-order valence-corrected chi connectivity index (χ3v) is 5.34. The Balaban J connectivity index is 2.14. The van der Waals surface area contributed by atoms with Crippen LogP contribution in [0.5, 0.6) is 0 Å². The summed E-state index contributed by atoms with van der Waals surface area (Å²) < 4.78 is 25.7. The molecule has 1 aliphatic rings. The summed E-state index contributed by atoms with van der Waals surface area (Å²) in [7, 11) is -1.86. The van der Waals surface area contributed by atoms with E-state index in [1.54, 1.807) is 17.4 Å². The van der Waals surface area contributed by atoms with Crippen molar-refractivity contribution in [3.05, 3.63) is 15.8 Å². The van der Waals surface area contributed by atoms with Crippen LogP contribution in [-0.4, -0.2) is 21.5 Å². The lowest BCUT2D eigenvalue weighted by atomic mass is 10.4. The second kappa shape index (κ2) is 4.44. The first-order valence-corrected chi connectivity index (χ1v) is 7.59. The first-order chi connectivity index (χ1) is 7.53. The minimum atomic E-state index is -3.30. The molecule has 1 saturated carbocycles. The van der Waals surface area contributed by atoms with Gasteiger partial charge in [0.25, 0.3) is 0 Å². The molecule has 1 fully saturated rings. The van der Waals surface area contributed by atoms with Gasteiger partial charge < -0.3 is 5.32 Å². The molecule has 0 saturated heterocycles. The second-order valence-electron chi connectivity index (χ2n) is 4.00. The van der Waals surface area contributed by atoms with Gasteiger partial charge in [-0.3, -0.25) is 0 Å². The normalized spacial score (nSPS) is 16.6. The van der Waals surface area contributed by atoms with Crippen LogP contribution in [0.4, 0.5) is 0 Å². The van der Waals surface area contributed by atoms with E-state index in [9.17, 15) is 8.42 Å². The van der Waals surface area contributed by atoms with Gasteiger partial charge in [0.1, 0.15) is 0 Å². The van der Waals surface area contributed by atoms with Crippen molar-refractivity contribution in [2.75, 3.05) is 7.05 Å². The molecule has 0 atom stereocenters. The zero-order valence-corrected chi connectivity index (χ0v) is 11.0. The molecule has 0 amide bonds. The molecule has 0 spiro atoms. The highest BCUT2D eigenvalue weighted by Gasteiger charge is 2.22. The summed E-state index contributed by atoms with van der Waals surface area (Å²) in [4.78, 5) is 2.34. The Bertz CT molecular complexity index is 475. The number of hydrogen-bond donors (Lipinski definition) is 2. The van der Waals surface area contributed by atoms with Crippen molar-refractivity contribution < 1.29 is 8.42 Å². The lowest BCUT2D eigenvalue weighted by Crippen LogP contribution is -2.18. The van der Waals surface area contributed by atoms with Gasteiger partial charge in [-0.05, 0) is 32.9 Å². The highest BCUT2D eigenvalue weighted by Crippen LogP contribution is 2.26. The van der Waals surface area contributed by atoms with Crippen LogP contribution in [0.2, 0.25) is 0 Å². The molecule has 0 unspecified atom stereocenters. The average Bonchev–Trinajstić information content (AvgIpc) is 2.99. The number of nitrogens with one attached hydrogen (secondary N) is 2. The van der Waals surface area contributed by atoms with E-state index in [0.29, 0.717) is 10.9 Å². The molecule has 0 aliphatic heterocycles. The third-order valence-electron chi connectivity index (χ3n) is 2.62. The number of thiophene rings is 1. The van der Waals surface area contributed by atoms with Crippen molar-refractivity contribution in [2.45, 2.75) is 37.2 Å². The molecule has 4 nitrogen and oxygen atoms in total. The monoisotopic (exact) mass is 260 g/mol. The van der Waals surface area contributed by atoms with Crippen LogP contribution in [0, 0.1) is 6.92 Å². The van der Waals surface area contributed by atoms with E-state index in [-0.39, 0.29) is 0 Å². The predicted octanol–water partition coefficient (Wildman–Crippen LogP) is 1.22. The van der Waals surface area contributed by atoms with E-state index in [1.165, 1.54) is 19.9 Å². The summed E-state index contributed by atoms with van der Waals surface area (Å²) >= 11 is 1.54. The zero-order valence-electron chi connectivity index (χ0n) is 9.41. The van der Waals surface area contributed by atoms with Crippen LogP contribution in [0.3, 0.4) is 0 Å². The van der Waals surface area contributed by atoms with Gasteiger partial charge >= 0.3 is 0 Å². The van der Waals surface area contributed by atoms with Crippen molar-refractivity contribution in [2.24, 2.45) is 0 Å². The van der Waals surface area contributed by atoms with Crippen molar-refractivity contribution in [1.82, 2.24) is 10.0 Å². The Morgan fingerprint density at radius 2 is 2.19 bits per heavy atom. The summed E-state index contributed by atoms with van der Waals surface area (Å²) in [6.45, 7) is 2.62. The van der Waals surface area contributed by atoms with E-state index in [0.717, 1.165) is 16.3 Å². The van der Waals surface area contributed by atoms with E-state index in [1.807, 2.05) is 6.92 Å². The molecule has 6 heteroatoms. The lowest BCUT2D eigenvalue weighted by Gasteiger charge is -1.99. The predicted molar refractivity (Wildman–Crippen MR) is 65.2 cm³/mol. The Morgan fingerprint density at radius 1 is 1.50 bits per heavy atom. The van der Waals surface area contributed by atoms with Gasteiger partial charge in [-0.15, -0.1) is 11.3 Å². The van der Waals surface area contributed by atoms with Crippen LogP contribution in [0.1, 0.15) is 22.6 Å². The molecule has 2 N–H and O–H groups in total. The fourth-order valence-electron chi connectivity index (χ4n) is 1.52. The molecule has 0 aromatic carbocycles. The van der Waals surface area contributed by atoms with E-state index in [2.05, 4.69) is 10.0 Å². The van der Waals surface area contributed by atoms with E-state index in [4.69, 9.17) is 0 Å². The van der Waals surface area contributed by atoms with Gasteiger partial charge in [0, 0.05) is 22.3 Å². The Morgan fingerprint density at radius 3 is 2.75 bits per heavy atom. The molecular formula is C10H16N2O2S2. The summed E-state index contributed by atoms with van der Waals surface area (Å²) in [6, 6.07) is 2.41. The lowest BCUT2D eigenvalue weighted by molar-refractivity contribution is 0.588. The van der Waals surface area contributed by atoms with Crippen molar-refractivity contribution in [3.8, 4) is 0 Å². The Hall–Kier alpha value is -0.430. The molecule has 0 bridgehead atoms. The molecule has 1 aromatic rings. The summed E-state index contributed by atoms with van der Waals surface area (Å²) in [6.07, 6.45) is 2.48. The maximum Gasteiger partial charge on any atom is 0.241 e. The molecule has 1 heterocycles. The average molecular weight is 260 g/mol. The molecule has 90 valence electrons. The van der Waals surface area contributed by atoms with E-state index < -0.39 is 10.0 Å². The first-order valence-electron chi connectivity index (χ1n) is 5.29. The summed E-state index contributed by atoms with van der Waals surface area (Å²) in [5.41, 5.74) is 0. The molecule has 1 aliphatic carbocycles. The fourth-order valence-corrected chi connectivity index (χ4v) is 3.83. The maximum absolute atomic E-state index is 11.7. The van der Waals surface area contributed by atoms with Crippen molar-refractivity contribution in [1.29, 1.82) is 0 Å². The smallest absolute Gasteiger partial charge is 0.241 e. The van der Waals surface area contributed by atoms with Crippen molar-refractivity contribution >= 4 is 21.4 Å². The second-order valence-corrected chi connectivity index (χ2v) is 7.19. The highest BCUT2D eigenvalue weighted by atomic mass is 32.2. The molecule has 16 heavy (non-hydrogen) atoms. The molecule has 0 radical (unpaired) electrons. The van der Waals surface area contributed by atoms with Gasteiger partial charge in [-0.25, -0.2) is 13.1 Å². The van der Waals surface area contributed by atoms with Gasteiger partial charge in [-0.1, -0.05) is 0 Å². The Labute approximate surface area is 100 Å². The van der Waals surface area contributed by atoms with Gasteiger partial charge in [0.15, 0.2) is 0 Å². The van der Waals surface area contributed by atoms with E-state index >= 15 is 0 Å². The largest absolute Gasteiger partial charge is 0.309 e. The van der Waals surface area contributed by atoms with Crippen LogP contribution < -0.4 is 10.0 Å². The molecule has 2 rings (SSSR count). The van der Waals surface area contributed by atoms with Gasteiger partial charge in [-0.2, -0.15) is 0 Å². The standard InChI is InChI=1S/C10H16N2O2S2/c1-7-10(16(13,14)11-2)5-9(15-7)6-12-8-3-4-8/h5,8,11-12H,3-4,6H2,1-2H3. The van der Waals surface area contributed by atoms with Gasteiger partial charge in [0.2, 0.25) is 10.0 Å². The first kappa shape index (κ1) is 12.0. The highest BCUT2D eigenvalue weighted by molar-refractivity contribution is 7.89. The minimum absolute atomic E-state index is 0.410. The maximum atomic E-state index is 11.7. The molecule has 1 aromatic heterocycles. The SMILES string of the molecule is CNS(=O)(=O)c1cc(CNC2CC2)sc1C. The quantitative estimate of drug-likeness (QED) is 0.837. The minimum Gasteiger partial charge on any atom is -0.309 e. The van der Waals surface area contributed by atoms with Gasteiger partial charge in [0.05, 0.1) is 4.90 Å². The number of sulfonamides is 1. The third kappa shape index (κ3) is 2.63. The number of rotatable bonds is 5. The zero-order chi connectivity index (χ0) is 11.8. The topological polar surface area (TPSA) is 58.2 Å². The fraction of sp³-hybridized carbons (Fsp3) is 0.600. The number of hydrogen-bond acceptors (Lipinski definition) is 4. The Kier molecular flexibility index (Phi) is 3.34. The summed E-state index contributed by atoms with van der Waals surface area (Å²) in [5, 5.41) is 3.38. The van der Waals surface area contributed by atoms with Crippen LogP contribution in [0.25, 0.3) is 0 Å². The summed E-state index contributed by atoms with van der Waals surface area (Å²) in [5.74, 6) is 0. The van der Waals surface area contributed by atoms with Crippen molar-refractivity contribution in [3.63, 3.8) is 0 Å². The van der Waals surface area contributed by atoms with Crippen LogP contribution in [-0.2, 0) is 16.6 Å². The number of aryl methyl sites for hydroxylation is 1. The van der Waals surface area contributed by atoms with Crippen LogP contribution in [0.15, 0.2) is 11.0 Å². The molecular weight excluding hydrogens is 244 g/mol. The van der Waals surface area contributed by atoms with Crippen LogP contribution >= 0.6 is 11.3 Å².